The summed E-state index contributed by atoms with van der Waals surface area (Å²) in [5, 5.41) is 23.9. The number of sulfonamides is 2. The van der Waals surface area contributed by atoms with Crippen molar-refractivity contribution in [3.63, 3.8) is 0 Å². The van der Waals surface area contributed by atoms with E-state index in [1.54, 1.807) is 18.2 Å². The highest BCUT2D eigenvalue weighted by molar-refractivity contribution is 7.92. The Morgan fingerprint density at radius 1 is 0.971 bits per heavy atom. The first-order valence-corrected chi connectivity index (χ1v) is 13.0. The molecular formula is C18H24N10O4S2. The number of tetrazole rings is 1. The van der Waals surface area contributed by atoms with Crippen LogP contribution in [0.2, 0.25) is 0 Å². The van der Waals surface area contributed by atoms with Crippen molar-refractivity contribution in [3.8, 4) is 22.5 Å². The molecule has 0 spiro atoms. The Bertz CT molecular complexity index is 1510. The first-order valence-electron chi connectivity index (χ1n) is 9.87. The average Bonchev–Trinajstić information content (AvgIpc) is 3.46. The third-order valence-electron chi connectivity index (χ3n) is 4.62. The van der Waals surface area contributed by atoms with Gasteiger partial charge in [-0.2, -0.15) is 5.21 Å². The molecule has 0 aliphatic heterocycles. The summed E-state index contributed by atoms with van der Waals surface area (Å²) in [6, 6.07) is 7.58. The number of H-pyrrole nitrogens is 2. The number of aromatic amines is 2. The summed E-state index contributed by atoms with van der Waals surface area (Å²) in [5.41, 5.74) is 12.3. The molecule has 4 aromatic rings. The lowest BCUT2D eigenvalue weighted by atomic mass is 9.98. The largest absolute Gasteiger partial charge is 0.341 e. The van der Waals surface area contributed by atoms with Crippen molar-refractivity contribution in [1.29, 1.82) is 0 Å². The van der Waals surface area contributed by atoms with Gasteiger partial charge in [0.2, 0.25) is 25.9 Å². The fourth-order valence-electron chi connectivity index (χ4n) is 3.18. The molecule has 0 bridgehead atoms. The highest BCUT2D eigenvalue weighted by atomic mass is 32.2. The van der Waals surface area contributed by atoms with E-state index in [1.165, 1.54) is 6.07 Å². The lowest BCUT2D eigenvalue weighted by molar-refractivity contribution is 0.584. The van der Waals surface area contributed by atoms with Gasteiger partial charge in [-0.3, -0.25) is 0 Å². The fraction of sp³-hybridized carbons (Fsp3) is 0.222. The van der Waals surface area contributed by atoms with Crippen LogP contribution in [0.5, 0.6) is 0 Å². The lowest BCUT2D eigenvalue weighted by Crippen LogP contribution is -2.22. The van der Waals surface area contributed by atoms with Gasteiger partial charge in [0.05, 0.1) is 23.1 Å². The number of benzene rings is 2. The van der Waals surface area contributed by atoms with E-state index in [4.69, 9.17) is 21.7 Å². The summed E-state index contributed by atoms with van der Waals surface area (Å²) in [4.78, 5) is 6.04. The maximum absolute atomic E-state index is 12.4. The Balaban J connectivity index is 0.000000751. The smallest absolute Gasteiger partial charge is 0.240 e. The molecule has 0 aliphatic carbocycles. The van der Waals surface area contributed by atoms with Crippen LogP contribution in [0.3, 0.4) is 0 Å². The number of fused-ring (bicyclic) bond motifs is 1. The third kappa shape index (κ3) is 5.11. The van der Waals surface area contributed by atoms with Gasteiger partial charge in [0.1, 0.15) is 15.6 Å². The van der Waals surface area contributed by atoms with Crippen molar-refractivity contribution in [2.24, 2.45) is 21.7 Å². The van der Waals surface area contributed by atoms with E-state index in [0.29, 0.717) is 22.4 Å². The minimum Gasteiger partial charge on any atom is -0.341 e. The molecule has 0 atom stereocenters. The van der Waals surface area contributed by atoms with Crippen LogP contribution in [0, 0.1) is 0 Å². The molecule has 0 unspecified atom stereocenters. The number of imidazole rings is 1. The number of hydrogen-bond donors (Lipinski definition) is 6. The Hall–Kier alpha value is -3.28. The van der Waals surface area contributed by atoms with Gasteiger partial charge < -0.3 is 16.5 Å². The normalized spacial score (nSPS) is 11.9. The molecule has 0 aliphatic rings. The molecule has 10 N–H and O–H groups in total. The molecule has 182 valence electrons. The number of primary sulfonamides is 2. The second-order valence-corrected chi connectivity index (χ2v) is 10.0. The van der Waals surface area contributed by atoms with Crippen molar-refractivity contribution >= 4 is 31.1 Å². The first-order chi connectivity index (χ1) is 16.0. The molecule has 4 rings (SSSR count). The van der Waals surface area contributed by atoms with E-state index in [0.717, 1.165) is 19.0 Å². The van der Waals surface area contributed by atoms with E-state index in [9.17, 15) is 16.8 Å². The second-order valence-electron chi connectivity index (χ2n) is 7.02. The van der Waals surface area contributed by atoms with Crippen LogP contribution in [0.15, 0.2) is 40.1 Å². The van der Waals surface area contributed by atoms with E-state index < -0.39 is 29.8 Å². The van der Waals surface area contributed by atoms with Gasteiger partial charge in [0.25, 0.3) is 0 Å². The number of rotatable bonds is 6. The first kappa shape index (κ1) is 25.3. The Morgan fingerprint density at radius 2 is 1.68 bits per heavy atom. The average molecular weight is 509 g/mol. The zero-order valence-electron chi connectivity index (χ0n) is 18.1. The standard InChI is InChI=1S/C15H15N9O4S2.C3H9N/c16-6-11-19-9-3-1-2-8(13(9)20-11)7-4-5-10(29(17,25)26)14(30(18,27)28)12(7)15-21-23-24-22-15;1-2-3-4/h1-5H,6,16H2,(H,19,20)(H2,17,25,26)(H2,18,27,28)(H,21,22,23,24);2-4H2,1H3. The van der Waals surface area contributed by atoms with Crippen molar-refractivity contribution < 1.29 is 16.8 Å². The maximum Gasteiger partial charge on any atom is 0.240 e. The molecule has 0 amide bonds. The van der Waals surface area contributed by atoms with E-state index in [1.807, 2.05) is 0 Å². The van der Waals surface area contributed by atoms with Crippen LogP contribution in [0.4, 0.5) is 0 Å². The van der Waals surface area contributed by atoms with Crippen molar-refractivity contribution in [1.82, 2.24) is 30.6 Å². The maximum atomic E-state index is 12.4. The highest BCUT2D eigenvalue weighted by Crippen LogP contribution is 2.40. The van der Waals surface area contributed by atoms with Gasteiger partial charge in [-0.15, -0.1) is 10.2 Å². The van der Waals surface area contributed by atoms with Crippen LogP contribution in [0.25, 0.3) is 33.5 Å². The van der Waals surface area contributed by atoms with Gasteiger partial charge in [-0.25, -0.2) is 32.1 Å². The number of hydrogen-bond acceptors (Lipinski definition) is 10. The third-order valence-corrected chi connectivity index (χ3v) is 6.69. The van der Waals surface area contributed by atoms with Crippen LogP contribution in [-0.2, 0) is 26.6 Å². The van der Waals surface area contributed by atoms with E-state index in [-0.39, 0.29) is 23.5 Å². The van der Waals surface area contributed by atoms with Crippen LogP contribution < -0.4 is 21.7 Å². The van der Waals surface area contributed by atoms with E-state index >= 15 is 0 Å². The summed E-state index contributed by atoms with van der Waals surface area (Å²) >= 11 is 0. The number of nitrogens with one attached hydrogen (secondary N) is 2. The zero-order valence-corrected chi connectivity index (χ0v) is 19.7. The SMILES string of the molecule is CCCN.NCc1nc2c(-c3ccc(S(N)(=O)=O)c(S(N)(=O)=O)c3-c3nn[nH]n3)cccc2[nH]1. The molecule has 0 saturated heterocycles. The van der Waals surface area contributed by atoms with Crippen LogP contribution in [0.1, 0.15) is 19.2 Å². The summed E-state index contributed by atoms with van der Waals surface area (Å²) < 4.78 is 49.1. The number of nitrogens with two attached hydrogens (primary N) is 4. The number of para-hydroxylation sites is 1. The quantitative estimate of drug-likeness (QED) is 0.195. The molecule has 2 aromatic heterocycles. The topological polar surface area (TPSA) is 255 Å². The molecule has 0 saturated carbocycles. The van der Waals surface area contributed by atoms with Gasteiger partial charge in [-0.05, 0) is 35.9 Å². The van der Waals surface area contributed by atoms with Crippen molar-refractivity contribution in [2.45, 2.75) is 29.7 Å². The Labute approximate surface area is 195 Å². The van der Waals surface area contributed by atoms with Gasteiger partial charge in [-0.1, -0.05) is 25.1 Å². The second kappa shape index (κ2) is 9.92. The zero-order chi connectivity index (χ0) is 25.1. The Morgan fingerprint density at radius 3 is 2.21 bits per heavy atom. The minimum atomic E-state index is -4.59. The fourth-order valence-corrected chi connectivity index (χ4v) is 5.33. The molecular weight excluding hydrogens is 484 g/mol. The van der Waals surface area contributed by atoms with Crippen LogP contribution >= 0.6 is 0 Å². The molecule has 14 nitrogen and oxygen atoms in total. The predicted molar refractivity (Wildman–Crippen MR) is 125 cm³/mol. The highest BCUT2D eigenvalue weighted by Gasteiger charge is 2.31. The van der Waals surface area contributed by atoms with Crippen molar-refractivity contribution in [3.05, 3.63) is 36.2 Å². The number of nitrogens with zero attached hydrogens (tertiary/aromatic N) is 4. The van der Waals surface area contributed by atoms with Gasteiger partial charge in [0, 0.05) is 5.56 Å². The molecule has 0 radical (unpaired) electrons. The minimum absolute atomic E-state index is 0.151. The molecule has 0 fully saturated rings. The van der Waals surface area contributed by atoms with Crippen LogP contribution in [-0.4, -0.2) is 54.0 Å². The Kier molecular flexibility index (Phi) is 7.39. The summed E-state index contributed by atoms with van der Waals surface area (Å²) in [5.74, 6) is 0.317. The monoisotopic (exact) mass is 508 g/mol. The summed E-state index contributed by atoms with van der Waals surface area (Å²) in [7, 11) is -9.04. The predicted octanol–water partition coefficient (Wildman–Crippen LogP) is -0.481. The van der Waals surface area contributed by atoms with Crippen molar-refractivity contribution in [2.75, 3.05) is 6.54 Å². The molecule has 2 aromatic carbocycles. The lowest BCUT2D eigenvalue weighted by Gasteiger charge is -2.15. The molecule has 2 heterocycles. The van der Waals surface area contributed by atoms with E-state index in [2.05, 4.69) is 37.5 Å². The van der Waals surface area contributed by atoms with Gasteiger partial charge >= 0.3 is 0 Å². The summed E-state index contributed by atoms with van der Waals surface area (Å²) in [6.45, 7) is 3.03. The molecule has 16 heteroatoms. The van der Waals surface area contributed by atoms with Gasteiger partial charge in [0.15, 0.2) is 0 Å². The summed E-state index contributed by atoms with van der Waals surface area (Å²) in [6.07, 6.45) is 1.10. The molecule has 34 heavy (non-hydrogen) atoms. The number of aromatic nitrogens is 6.